The van der Waals surface area contributed by atoms with Crippen LogP contribution in [0, 0.1) is 0 Å². The largest absolute Gasteiger partial charge is 0.496 e. The molecule has 1 atom stereocenters. The van der Waals surface area contributed by atoms with E-state index < -0.39 is 0 Å². The molecule has 0 spiro atoms. The Labute approximate surface area is 215 Å². The molecule has 2 aliphatic heterocycles. The molecule has 2 saturated heterocycles. The number of methoxy groups -OCH3 is 3. The number of halogens is 1. The van der Waals surface area contributed by atoms with Gasteiger partial charge in [0.25, 0.3) is 0 Å². The molecule has 8 nitrogen and oxygen atoms in total. The second kappa shape index (κ2) is 14.7. The van der Waals surface area contributed by atoms with Gasteiger partial charge in [-0.3, -0.25) is 4.99 Å². The summed E-state index contributed by atoms with van der Waals surface area (Å²) in [5, 5.41) is 3.49. The second-order valence-electron chi connectivity index (χ2n) is 8.24. The highest BCUT2D eigenvalue weighted by molar-refractivity contribution is 14.0. The van der Waals surface area contributed by atoms with Crippen molar-refractivity contribution in [1.82, 2.24) is 10.2 Å². The number of aliphatic imine (C=N–C) groups is 1. The fraction of sp³-hybridized carbons (Fsp3) is 0.708. The summed E-state index contributed by atoms with van der Waals surface area (Å²) >= 11 is 0. The molecule has 188 valence electrons. The van der Waals surface area contributed by atoms with Gasteiger partial charge in [-0.05, 0) is 38.5 Å². The van der Waals surface area contributed by atoms with Crippen molar-refractivity contribution in [2.45, 2.75) is 50.7 Å². The summed E-state index contributed by atoms with van der Waals surface area (Å²) in [4.78, 5) is 6.79. The quantitative estimate of drug-likeness (QED) is 0.274. The highest BCUT2D eigenvalue weighted by atomic mass is 127. The van der Waals surface area contributed by atoms with Crippen molar-refractivity contribution in [3.8, 4) is 17.2 Å². The molecule has 1 unspecified atom stereocenters. The Morgan fingerprint density at radius 3 is 2.30 bits per heavy atom. The molecule has 0 bridgehead atoms. The van der Waals surface area contributed by atoms with Crippen LogP contribution >= 0.6 is 24.0 Å². The maximum Gasteiger partial charge on any atom is 0.193 e. The van der Waals surface area contributed by atoms with Crippen LogP contribution < -0.4 is 19.5 Å². The molecular weight excluding hydrogens is 537 g/mol. The van der Waals surface area contributed by atoms with Gasteiger partial charge >= 0.3 is 0 Å². The summed E-state index contributed by atoms with van der Waals surface area (Å²) in [6, 6.07) is 3.77. The minimum Gasteiger partial charge on any atom is -0.496 e. The summed E-state index contributed by atoms with van der Waals surface area (Å²) < 4.78 is 28.4. The van der Waals surface area contributed by atoms with Gasteiger partial charge in [0.2, 0.25) is 0 Å². The maximum absolute atomic E-state index is 6.14. The first-order chi connectivity index (χ1) is 15.7. The molecule has 9 heteroatoms. The zero-order chi connectivity index (χ0) is 22.8. The van der Waals surface area contributed by atoms with Crippen molar-refractivity contribution in [3.05, 3.63) is 17.7 Å². The molecule has 33 heavy (non-hydrogen) atoms. The third-order valence-electron chi connectivity index (χ3n) is 6.22. The maximum atomic E-state index is 6.14. The summed E-state index contributed by atoms with van der Waals surface area (Å²) in [6.45, 7) is 4.20. The molecule has 0 amide bonds. The zero-order valence-electron chi connectivity index (χ0n) is 20.4. The van der Waals surface area contributed by atoms with E-state index in [2.05, 4.69) is 15.2 Å². The van der Waals surface area contributed by atoms with Gasteiger partial charge < -0.3 is 33.9 Å². The number of rotatable bonds is 9. The number of hydrogen-bond acceptors (Lipinski definition) is 6. The van der Waals surface area contributed by atoms with Crippen LogP contribution in [0.2, 0.25) is 0 Å². The van der Waals surface area contributed by atoms with Crippen molar-refractivity contribution in [3.63, 3.8) is 0 Å². The molecule has 2 aliphatic rings. The van der Waals surface area contributed by atoms with E-state index in [1.807, 2.05) is 19.2 Å². The highest BCUT2D eigenvalue weighted by Crippen LogP contribution is 2.34. The van der Waals surface area contributed by atoms with Gasteiger partial charge in [0.1, 0.15) is 17.2 Å². The Kier molecular flexibility index (Phi) is 12.4. The Hall–Kier alpha value is -1.46. The molecule has 0 saturated carbocycles. The van der Waals surface area contributed by atoms with Gasteiger partial charge in [-0.2, -0.15) is 0 Å². The van der Waals surface area contributed by atoms with Gasteiger partial charge in [-0.15, -0.1) is 24.0 Å². The van der Waals surface area contributed by atoms with Crippen molar-refractivity contribution in [1.29, 1.82) is 0 Å². The summed E-state index contributed by atoms with van der Waals surface area (Å²) in [6.07, 6.45) is 6.91. The number of hydrogen-bond donors (Lipinski definition) is 1. The lowest BCUT2D eigenvalue weighted by Crippen LogP contribution is -2.47. The lowest BCUT2D eigenvalue weighted by atomic mass is 10.1. The predicted octanol–water partition coefficient (Wildman–Crippen LogP) is 3.50. The van der Waals surface area contributed by atoms with Crippen LogP contribution in [0.1, 0.15) is 37.7 Å². The number of nitrogens with zero attached hydrogens (tertiary/aromatic N) is 2. The highest BCUT2D eigenvalue weighted by Gasteiger charge is 2.24. The average molecular weight is 578 g/mol. The number of benzene rings is 1. The van der Waals surface area contributed by atoms with Crippen molar-refractivity contribution in [2.24, 2.45) is 4.99 Å². The molecule has 0 radical (unpaired) electrons. The van der Waals surface area contributed by atoms with E-state index in [4.69, 9.17) is 23.7 Å². The van der Waals surface area contributed by atoms with Crippen molar-refractivity contribution < 1.29 is 23.7 Å². The van der Waals surface area contributed by atoms with Gasteiger partial charge in [0.15, 0.2) is 5.96 Å². The van der Waals surface area contributed by atoms with Crippen LogP contribution in [0.15, 0.2) is 17.1 Å². The van der Waals surface area contributed by atoms with E-state index >= 15 is 0 Å². The number of piperidine rings is 1. The molecule has 0 aliphatic carbocycles. The average Bonchev–Trinajstić information content (AvgIpc) is 2.86. The molecular formula is C24H40IN3O5. The lowest BCUT2D eigenvalue weighted by molar-refractivity contribution is -0.0721. The van der Waals surface area contributed by atoms with Gasteiger partial charge in [0.05, 0.1) is 40.1 Å². The van der Waals surface area contributed by atoms with Crippen LogP contribution in [-0.2, 0) is 15.9 Å². The van der Waals surface area contributed by atoms with Crippen LogP contribution in [0.25, 0.3) is 0 Å². The zero-order valence-corrected chi connectivity index (χ0v) is 22.8. The number of nitrogens with one attached hydrogen (secondary N) is 1. The first-order valence-electron chi connectivity index (χ1n) is 11.7. The van der Waals surface area contributed by atoms with Gasteiger partial charge in [-0.25, -0.2) is 0 Å². The standard InChI is InChI=1S/C24H39N3O5.HI/c1-25-24(26-11-8-21-22(29-3)15-20(28-2)16-23(21)30-4)27-12-9-18(10-13-27)32-17-19-7-5-6-14-31-19;/h15-16,18-19H,5-14,17H2,1-4H3,(H,25,26);1H. The second-order valence-corrected chi connectivity index (χ2v) is 8.24. The minimum absolute atomic E-state index is 0. The molecule has 2 heterocycles. The van der Waals surface area contributed by atoms with Crippen LogP contribution in [0.5, 0.6) is 17.2 Å². The summed E-state index contributed by atoms with van der Waals surface area (Å²) in [5.41, 5.74) is 1.01. The van der Waals surface area contributed by atoms with Crippen molar-refractivity contribution >= 4 is 29.9 Å². The Morgan fingerprint density at radius 2 is 1.76 bits per heavy atom. The van der Waals surface area contributed by atoms with E-state index in [1.54, 1.807) is 21.3 Å². The molecule has 2 fully saturated rings. The number of likely N-dealkylation sites (tertiary alicyclic amines) is 1. The first-order valence-corrected chi connectivity index (χ1v) is 11.7. The topological polar surface area (TPSA) is 73.8 Å². The predicted molar refractivity (Wildman–Crippen MR) is 141 cm³/mol. The Balaban J connectivity index is 0.00000385. The Morgan fingerprint density at radius 1 is 1.06 bits per heavy atom. The van der Waals surface area contributed by atoms with E-state index in [9.17, 15) is 0 Å². The normalized spacial score (nSPS) is 19.6. The molecule has 1 N–H and O–H groups in total. The van der Waals surface area contributed by atoms with E-state index in [-0.39, 0.29) is 30.1 Å². The van der Waals surface area contributed by atoms with Crippen LogP contribution in [-0.4, -0.2) is 84.3 Å². The van der Waals surface area contributed by atoms with Crippen LogP contribution in [0.4, 0.5) is 0 Å². The molecule has 1 aromatic carbocycles. The van der Waals surface area contributed by atoms with E-state index in [0.717, 1.165) is 81.6 Å². The van der Waals surface area contributed by atoms with Crippen molar-refractivity contribution in [2.75, 3.05) is 61.2 Å². The first kappa shape index (κ1) is 27.8. The summed E-state index contributed by atoms with van der Waals surface area (Å²) in [5.74, 6) is 3.16. The van der Waals surface area contributed by atoms with E-state index in [0.29, 0.717) is 11.9 Å². The minimum atomic E-state index is 0. The molecule has 3 rings (SSSR count). The number of ether oxygens (including phenoxy) is 5. The van der Waals surface area contributed by atoms with Gasteiger partial charge in [0, 0.05) is 51.0 Å². The third-order valence-corrected chi connectivity index (χ3v) is 6.22. The summed E-state index contributed by atoms with van der Waals surface area (Å²) in [7, 11) is 6.80. The third kappa shape index (κ3) is 8.06. The van der Waals surface area contributed by atoms with E-state index in [1.165, 1.54) is 12.8 Å². The monoisotopic (exact) mass is 577 g/mol. The van der Waals surface area contributed by atoms with Crippen LogP contribution in [0.3, 0.4) is 0 Å². The fourth-order valence-corrected chi connectivity index (χ4v) is 4.37. The van der Waals surface area contributed by atoms with Gasteiger partial charge in [-0.1, -0.05) is 0 Å². The number of guanidine groups is 1. The lowest BCUT2D eigenvalue weighted by Gasteiger charge is -2.35. The SMILES string of the molecule is CN=C(NCCc1c(OC)cc(OC)cc1OC)N1CCC(OCC2CCCCO2)CC1.I. The smallest absolute Gasteiger partial charge is 0.193 e. The molecule has 0 aromatic heterocycles. The fourth-order valence-electron chi connectivity index (χ4n) is 4.37. The molecule has 1 aromatic rings. The Bertz CT molecular complexity index is 710.